The lowest BCUT2D eigenvalue weighted by atomic mass is 9.73. The molecule has 2 fully saturated rings. The lowest BCUT2D eigenvalue weighted by Crippen LogP contribution is -2.72. The number of nitrogens with zero attached hydrogens (tertiary/aromatic N) is 6. The fourth-order valence-corrected chi connectivity index (χ4v) is 9.29. The number of aromatic nitrogens is 3. The summed E-state index contributed by atoms with van der Waals surface area (Å²) in [5, 5.41) is 32.5. The molecule has 0 saturated carbocycles. The Morgan fingerprint density at radius 1 is 0.939 bits per heavy atom. The summed E-state index contributed by atoms with van der Waals surface area (Å²) >= 11 is 14.1. The van der Waals surface area contributed by atoms with E-state index < -0.39 is 29.8 Å². The summed E-state index contributed by atoms with van der Waals surface area (Å²) in [6.45, 7) is 10.1. The van der Waals surface area contributed by atoms with Crippen molar-refractivity contribution >= 4 is 35.3 Å². The number of carbonyl (C=O) groups is 2. The Kier molecular flexibility index (Phi) is 13.2. The number of carboxylic acids is 1. The number of methoxy groups -OCH3 is 1. The van der Waals surface area contributed by atoms with E-state index in [4.69, 9.17) is 47.1 Å². The Bertz CT molecular complexity index is 2710. The Labute approximate surface area is 393 Å². The Hall–Kier alpha value is -6.02. The molecule has 2 saturated heterocycles. The molecule has 3 aromatic heterocycles. The molecule has 344 valence electrons. The predicted octanol–water partition coefficient (Wildman–Crippen LogP) is 8.02. The molecule has 8 rings (SSSR count). The van der Waals surface area contributed by atoms with Crippen molar-refractivity contribution in [3.8, 4) is 46.1 Å². The molecule has 2 aromatic carbocycles. The molecule has 15 nitrogen and oxygen atoms in total. The second-order valence-corrected chi connectivity index (χ2v) is 19.2. The van der Waals surface area contributed by atoms with Gasteiger partial charge in [-0.25, -0.2) is 9.78 Å². The molecule has 1 spiro atoms. The number of rotatable bonds is 15. The summed E-state index contributed by atoms with van der Waals surface area (Å²) in [7, 11) is 1.62. The van der Waals surface area contributed by atoms with E-state index >= 15 is 0 Å². The van der Waals surface area contributed by atoms with Crippen molar-refractivity contribution in [3.05, 3.63) is 116 Å². The summed E-state index contributed by atoms with van der Waals surface area (Å²) < 4.78 is 24.0. The number of benzene rings is 2. The van der Waals surface area contributed by atoms with Crippen molar-refractivity contribution in [2.75, 3.05) is 39.9 Å². The number of halogens is 2. The first-order chi connectivity index (χ1) is 31.5. The summed E-state index contributed by atoms with van der Waals surface area (Å²) in [6, 6.07) is 21.3. The number of aliphatic hydroxyl groups excluding tert-OH is 1. The molecule has 2 atom stereocenters. The first-order valence-electron chi connectivity index (χ1n) is 21.6. The highest BCUT2D eigenvalue weighted by atomic mass is 35.5. The van der Waals surface area contributed by atoms with Gasteiger partial charge in [0, 0.05) is 84.9 Å². The molecule has 0 bridgehead atoms. The lowest BCUT2D eigenvalue weighted by molar-refractivity contribution is -0.145. The minimum atomic E-state index is -1.64. The third-order valence-corrected chi connectivity index (χ3v) is 12.8. The topological polar surface area (TPSA) is 192 Å². The zero-order valence-electron chi connectivity index (χ0n) is 37.4. The normalized spacial score (nSPS) is 17.2. The monoisotopic (exact) mass is 935 g/mol. The zero-order chi connectivity index (χ0) is 47.0. The molecule has 5 aromatic rings. The van der Waals surface area contributed by atoms with E-state index in [0.717, 1.165) is 46.5 Å². The van der Waals surface area contributed by atoms with E-state index in [1.54, 1.807) is 30.3 Å². The highest BCUT2D eigenvalue weighted by Crippen LogP contribution is 2.46. The largest absolute Gasteiger partial charge is 0.481 e. The van der Waals surface area contributed by atoms with Gasteiger partial charge in [0.05, 0.1) is 30.0 Å². The molecule has 66 heavy (non-hydrogen) atoms. The van der Waals surface area contributed by atoms with Gasteiger partial charge in [-0.15, -0.1) is 0 Å². The fourth-order valence-electron chi connectivity index (χ4n) is 8.75. The molecular formula is C49H51Cl2N7O8. The van der Waals surface area contributed by atoms with Gasteiger partial charge in [0.1, 0.15) is 34.9 Å². The smallest absolute Gasteiger partial charge is 0.410 e. The number of carboxylic acid groups (broad SMARTS) is 1. The summed E-state index contributed by atoms with van der Waals surface area (Å²) in [4.78, 5) is 42.2. The number of ether oxygens (including phenoxy) is 4. The zero-order valence-corrected chi connectivity index (χ0v) is 38.9. The highest BCUT2D eigenvalue weighted by molar-refractivity contribution is 6.36. The van der Waals surface area contributed by atoms with Crippen LogP contribution in [0.4, 0.5) is 4.79 Å². The predicted molar refractivity (Wildman–Crippen MR) is 246 cm³/mol. The number of aliphatic hydroxyl groups is 1. The summed E-state index contributed by atoms with van der Waals surface area (Å²) in [6.07, 6.45) is 3.65. The molecule has 17 heteroatoms. The minimum Gasteiger partial charge on any atom is -0.481 e. The Morgan fingerprint density at radius 2 is 1.68 bits per heavy atom. The molecule has 3 N–H and O–H groups in total. The fraction of sp³-hybridized carbons (Fsp3) is 0.388. The molecule has 1 amide bonds. The number of aliphatic carboxylic acids is 1. The number of hydrogen-bond acceptors (Lipinski definition) is 13. The average molecular weight is 937 g/mol. The maximum atomic E-state index is 12.5. The minimum absolute atomic E-state index is 0.000184. The van der Waals surface area contributed by atoms with Crippen LogP contribution in [0.3, 0.4) is 0 Å². The van der Waals surface area contributed by atoms with Gasteiger partial charge < -0.3 is 34.1 Å². The Balaban J connectivity index is 0.985. The van der Waals surface area contributed by atoms with Crippen molar-refractivity contribution in [2.24, 2.45) is 5.41 Å². The van der Waals surface area contributed by atoms with E-state index in [0.29, 0.717) is 65.8 Å². The van der Waals surface area contributed by atoms with Crippen LogP contribution in [0.1, 0.15) is 73.6 Å². The van der Waals surface area contributed by atoms with Crippen molar-refractivity contribution in [1.82, 2.24) is 30.1 Å². The Morgan fingerprint density at radius 3 is 2.39 bits per heavy atom. The lowest BCUT2D eigenvalue weighted by Gasteiger charge is -2.60. The number of hydrogen-bond donors (Lipinski definition) is 3. The van der Waals surface area contributed by atoms with Crippen molar-refractivity contribution in [2.45, 2.75) is 77.5 Å². The van der Waals surface area contributed by atoms with Crippen LogP contribution in [-0.2, 0) is 35.6 Å². The highest BCUT2D eigenvalue weighted by Gasteiger charge is 2.53. The molecule has 5 heterocycles. The van der Waals surface area contributed by atoms with Crippen molar-refractivity contribution in [3.63, 3.8) is 0 Å². The maximum Gasteiger partial charge on any atom is 0.410 e. The number of nitriles is 1. The first-order valence-corrected chi connectivity index (χ1v) is 22.3. The standard InChI is InChI=1S/C49H51Cl2N7O8/c1-47(2,3)66-46(62)58-26-49(27-58)24-57(25-49)22-31-12-14-39(55-42(31)63-5)37-11-7-10-36(41(37)51)33-8-6-9-35-34(33)13-15-40(35)65-44-38(50)17-32(21-54-48(4,28-59)45(60)61)43(56-44)64-23-30-16-29(18-52)19-53-20-30/h6-12,14,16-17,19-20,40,54,59H,13,15,21-28H2,1-5H3,(H,60,61)/t40-,48-/m0/s1. The van der Waals surface area contributed by atoms with Crippen LogP contribution < -0.4 is 19.5 Å². The first kappa shape index (κ1) is 46.5. The molecule has 2 aliphatic heterocycles. The molecule has 3 aliphatic rings. The van der Waals surface area contributed by atoms with E-state index in [1.165, 1.54) is 13.1 Å². The van der Waals surface area contributed by atoms with Gasteiger partial charge in [-0.3, -0.25) is 20.0 Å². The van der Waals surface area contributed by atoms with E-state index in [2.05, 4.69) is 26.3 Å². The molecule has 1 aliphatic carbocycles. The van der Waals surface area contributed by atoms with E-state index in [1.807, 2.05) is 69.3 Å². The third kappa shape index (κ3) is 9.75. The van der Waals surface area contributed by atoms with Crippen LogP contribution in [0.2, 0.25) is 10.0 Å². The van der Waals surface area contributed by atoms with E-state index in [9.17, 15) is 25.1 Å². The van der Waals surface area contributed by atoms with Crippen LogP contribution in [0.25, 0.3) is 22.4 Å². The maximum absolute atomic E-state index is 12.5. The van der Waals surface area contributed by atoms with Gasteiger partial charge in [0.25, 0.3) is 0 Å². The molecule has 0 unspecified atom stereocenters. The number of carbonyl (C=O) groups excluding carboxylic acids is 1. The third-order valence-electron chi connectivity index (χ3n) is 12.1. The number of amides is 1. The summed E-state index contributed by atoms with van der Waals surface area (Å²) in [5.74, 6) is -0.462. The van der Waals surface area contributed by atoms with Crippen LogP contribution in [0, 0.1) is 16.7 Å². The van der Waals surface area contributed by atoms with Crippen LogP contribution in [-0.4, -0.2) is 98.1 Å². The number of pyridine rings is 3. The second kappa shape index (κ2) is 18.7. The van der Waals surface area contributed by atoms with Gasteiger partial charge in [-0.2, -0.15) is 10.2 Å². The quantitative estimate of drug-likeness (QED) is 0.0914. The van der Waals surface area contributed by atoms with Crippen molar-refractivity contribution in [1.29, 1.82) is 5.26 Å². The molecule has 0 radical (unpaired) electrons. The van der Waals surface area contributed by atoms with Gasteiger partial charge >= 0.3 is 12.1 Å². The second-order valence-electron chi connectivity index (χ2n) is 18.4. The van der Waals surface area contributed by atoms with Crippen LogP contribution in [0.5, 0.6) is 17.6 Å². The van der Waals surface area contributed by atoms with E-state index in [-0.39, 0.29) is 41.4 Å². The number of nitrogens with one attached hydrogen (secondary N) is 1. The SMILES string of the molecule is COc1nc(-c2cccc(-c3cccc4c3CC[C@@H]4Oc3nc(OCc4cncc(C#N)c4)c(CN[C@@](C)(CO)C(=O)O)cc3Cl)c2Cl)ccc1CN1CC2(C1)CN(C(=O)OC(C)(C)C)C2. The average Bonchev–Trinajstić information content (AvgIpc) is 3.68. The number of likely N-dealkylation sites (tertiary alicyclic amines) is 2. The van der Waals surface area contributed by atoms with Gasteiger partial charge in [0.2, 0.25) is 17.6 Å². The molecular weight excluding hydrogens is 885 g/mol. The summed E-state index contributed by atoms with van der Waals surface area (Å²) in [5.41, 5.74) is 5.59. The van der Waals surface area contributed by atoms with Crippen molar-refractivity contribution < 1.29 is 38.7 Å². The van der Waals surface area contributed by atoms with Crippen LogP contribution >= 0.6 is 23.2 Å². The number of fused-ring (bicyclic) bond motifs is 1. The van der Waals surface area contributed by atoms with Gasteiger partial charge in [0.15, 0.2) is 0 Å². The van der Waals surface area contributed by atoms with Gasteiger partial charge in [-0.05, 0) is 75.4 Å². The van der Waals surface area contributed by atoms with Crippen LogP contribution in [0.15, 0.2) is 73.1 Å². The van der Waals surface area contributed by atoms with Gasteiger partial charge in [-0.1, -0.05) is 65.7 Å².